The van der Waals surface area contributed by atoms with Crippen molar-refractivity contribution < 1.29 is 23.8 Å². The van der Waals surface area contributed by atoms with Gasteiger partial charge in [0.2, 0.25) is 0 Å². The van der Waals surface area contributed by atoms with Crippen LogP contribution in [0, 0.1) is 0 Å². The molecule has 0 spiro atoms. The Hall–Kier alpha value is -1.88. The van der Waals surface area contributed by atoms with Crippen LogP contribution in [0.3, 0.4) is 0 Å². The molecule has 0 heterocycles. The SMILES string of the molecule is CCOC(=O)COCC(=O)OCc1ccccc1. The molecule has 0 fully saturated rings. The van der Waals surface area contributed by atoms with Crippen LogP contribution < -0.4 is 0 Å². The first-order valence-corrected chi connectivity index (χ1v) is 5.65. The summed E-state index contributed by atoms with van der Waals surface area (Å²) in [4.78, 5) is 22.2. The quantitative estimate of drug-likeness (QED) is 0.685. The summed E-state index contributed by atoms with van der Waals surface area (Å²) in [6.45, 7) is 1.69. The van der Waals surface area contributed by atoms with Crippen LogP contribution in [0.1, 0.15) is 12.5 Å². The van der Waals surface area contributed by atoms with Crippen molar-refractivity contribution in [2.45, 2.75) is 13.5 Å². The number of carbonyl (C=O) groups is 2. The average Bonchev–Trinajstić information content (AvgIpc) is 2.38. The highest BCUT2D eigenvalue weighted by Crippen LogP contribution is 2.00. The van der Waals surface area contributed by atoms with Crippen molar-refractivity contribution >= 4 is 11.9 Å². The highest BCUT2D eigenvalue weighted by atomic mass is 16.6. The number of esters is 2. The summed E-state index contributed by atoms with van der Waals surface area (Å²) in [5.74, 6) is -1.00. The van der Waals surface area contributed by atoms with E-state index in [2.05, 4.69) is 4.74 Å². The van der Waals surface area contributed by atoms with Gasteiger partial charge in [0.15, 0.2) is 0 Å². The van der Waals surface area contributed by atoms with Gasteiger partial charge in [-0.05, 0) is 12.5 Å². The molecule has 0 saturated carbocycles. The second-order valence-corrected chi connectivity index (χ2v) is 3.44. The maximum absolute atomic E-state index is 11.3. The standard InChI is InChI=1S/C13H16O5/c1-2-17-12(14)9-16-10-13(15)18-8-11-6-4-3-5-7-11/h3-7H,2,8-10H2,1H3. The summed E-state index contributed by atoms with van der Waals surface area (Å²) in [7, 11) is 0. The van der Waals surface area contributed by atoms with Gasteiger partial charge in [-0.1, -0.05) is 30.3 Å². The first kappa shape index (κ1) is 14.2. The Morgan fingerprint density at radius 3 is 2.22 bits per heavy atom. The topological polar surface area (TPSA) is 61.8 Å². The van der Waals surface area contributed by atoms with Crippen LogP contribution in [-0.4, -0.2) is 31.8 Å². The van der Waals surface area contributed by atoms with Gasteiger partial charge in [0, 0.05) is 0 Å². The van der Waals surface area contributed by atoms with Crippen molar-refractivity contribution in [3.05, 3.63) is 35.9 Å². The molecule has 0 saturated heterocycles. The second kappa shape index (κ2) is 8.25. The Morgan fingerprint density at radius 1 is 1.00 bits per heavy atom. The maximum Gasteiger partial charge on any atom is 0.332 e. The Kier molecular flexibility index (Phi) is 6.50. The molecular weight excluding hydrogens is 236 g/mol. The maximum atomic E-state index is 11.3. The van der Waals surface area contributed by atoms with Gasteiger partial charge in [-0.25, -0.2) is 9.59 Å². The molecule has 5 heteroatoms. The van der Waals surface area contributed by atoms with Crippen molar-refractivity contribution in [3.8, 4) is 0 Å². The largest absolute Gasteiger partial charge is 0.464 e. The van der Waals surface area contributed by atoms with Crippen LogP contribution in [0.4, 0.5) is 0 Å². The van der Waals surface area contributed by atoms with E-state index < -0.39 is 11.9 Å². The lowest BCUT2D eigenvalue weighted by Crippen LogP contribution is -2.18. The molecular formula is C13H16O5. The van der Waals surface area contributed by atoms with E-state index in [1.807, 2.05) is 30.3 Å². The summed E-state index contributed by atoms with van der Waals surface area (Å²) in [5.41, 5.74) is 0.899. The third-order valence-corrected chi connectivity index (χ3v) is 1.99. The Labute approximate surface area is 106 Å². The molecule has 98 valence electrons. The van der Waals surface area contributed by atoms with E-state index in [1.54, 1.807) is 6.92 Å². The molecule has 0 amide bonds. The summed E-state index contributed by atoms with van der Waals surface area (Å²) in [6.07, 6.45) is 0. The molecule has 0 aliphatic heterocycles. The summed E-state index contributed by atoms with van der Waals surface area (Å²) in [5, 5.41) is 0. The third kappa shape index (κ3) is 6.00. The van der Waals surface area contributed by atoms with Gasteiger partial charge < -0.3 is 14.2 Å². The lowest BCUT2D eigenvalue weighted by molar-refractivity contribution is -0.156. The minimum absolute atomic E-state index is 0.197. The molecule has 0 atom stereocenters. The molecule has 0 bridgehead atoms. The van der Waals surface area contributed by atoms with Crippen LogP contribution in [0.2, 0.25) is 0 Å². The van der Waals surface area contributed by atoms with Crippen LogP contribution in [0.15, 0.2) is 30.3 Å². The zero-order chi connectivity index (χ0) is 13.2. The molecule has 1 aromatic rings. The van der Waals surface area contributed by atoms with Crippen molar-refractivity contribution in [2.75, 3.05) is 19.8 Å². The van der Waals surface area contributed by atoms with Crippen LogP contribution in [-0.2, 0) is 30.4 Å². The predicted molar refractivity (Wildman–Crippen MR) is 63.7 cm³/mol. The van der Waals surface area contributed by atoms with E-state index in [4.69, 9.17) is 9.47 Å². The summed E-state index contributed by atoms with van der Waals surface area (Å²) >= 11 is 0. The number of hydrogen-bond acceptors (Lipinski definition) is 5. The minimum Gasteiger partial charge on any atom is -0.464 e. The molecule has 18 heavy (non-hydrogen) atoms. The number of benzene rings is 1. The highest BCUT2D eigenvalue weighted by Gasteiger charge is 2.06. The Morgan fingerprint density at radius 2 is 1.61 bits per heavy atom. The van der Waals surface area contributed by atoms with E-state index in [0.717, 1.165) is 5.56 Å². The van der Waals surface area contributed by atoms with Gasteiger partial charge >= 0.3 is 11.9 Å². The van der Waals surface area contributed by atoms with Gasteiger partial charge in [-0.15, -0.1) is 0 Å². The second-order valence-electron chi connectivity index (χ2n) is 3.44. The van der Waals surface area contributed by atoms with E-state index in [1.165, 1.54) is 0 Å². The highest BCUT2D eigenvalue weighted by molar-refractivity contribution is 5.73. The lowest BCUT2D eigenvalue weighted by atomic mass is 10.2. The molecule has 0 radical (unpaired) electrons. The van der Waals surface area contributed by atoms with E-state index in [9.17, 15) is 9.59 Å². The predicted octanol–water partition coefficient (Wildman–Crippen LogP) is 1.31. The third-order valence-electron chi connectivity index (χ3n) is 1.99. The molecule has 1 aromatic carbocycles. The van der Waals surface area contributed by atoms with Gasteiger partial charge in [0.25, 0.3) is 0 Å². The van der Waals surface area contributed by atoms with Crippen LogP contribution >= 0.6 is 0 Å². The minimum atomic E-state index is -0.511. The summed E-state index contributed by atoms with van der Waals surface area (Å²) < 4.78 is 14.4. The molecule has 0 aromatic heterocycles. The van der Waals surface area contributed by atoms with Crippen LogP contribution in [0.5, 0.6) is 0 Å². The van der Waals surface area contributed by atoms with Crippen molar-refractivity contribution in [1.29, 1.82) is 0 Å². The van der Waals surface area contributed by atoms with Crippen molar-refractivity contribution in [2.24, 2.45) is 0 Å². The zero-order valence-electron chi connectivity index (χ0n) is 10.3. The van der Waals surface area contributed by atoms with Gasteiger partial charge in [-0.3, -0.25) is 0 Å². The van der Waals surface area contributed by atoms with Gasteiger partial charge in [0.05, 0.1) is 6.61 Å². The van der Waals surface area contributed by atoms with Gasteiger partial charge in [-0.2, -0.15) is 0 Å². The normalized spacial score (nSPS) is 9.83. The Bertz CT molecular complexity index is 374. The van der Waals surface area contributed by atoms with Crippen LogP contribution in [0.25, 0.3) is 0 Å². The smallest absolute Gasteiger partial charge is 0.332 e. The van der Waals surface area contributed by atoms with Gasteiger partial charge in [0.1, 0.15) is 19.8 Å². The fourth-order valence-corrected chi connectivity index (χ4v) is 1.20. The first-order valence-electron chi connectivity index (χ1n) is 5.65. The number of rotatable bonds is 7. The molecule has 0 N–H and O–H groups in total. The first-order chi connectivity index (χ1) is 8.72. The molecule has 1 rings (SSSR count). The van der Waals surface area contributed by atoms with Crippen molar-refractivity contribution in [3.63, 3.8) is 0 Å². The molecule has 0 unspecified atom stereocenters. The molecule has 0 aliphatic rings. The lowest BCUT2D eigenvalue weighted by Gasteiger charge is -2.05. The van der Waals surface area contributed by atoms with Crippen molar-refractivity contribution in [1.82, 2.24) is 0 Å². The fourth-order valence-electron chi connectivity index (χ4n) is 1.20. The Balaban J connectivity index is 2.13. The average molecular weight is 252 g/mol. The molecule has 5 nitrogen and oxygen atoms in total. The number of ether oxygens (including phenoxy) is 3. The molecule has 0 aliphatic carbocycles. The summed E-state index contributed by atoms with van der Waals surface area (Å²) in [6, 6.07) is 9.31. The van der Waals surface area contributed by atoms with E-state index in [0.29, 0.717) is 6.61 Å². The monoisotopic (exact) mass is 252 g/mol. The number of hydrogen-bond donors (Lipinski definition) is 0. The fraction of sp³-hybridized carbons (Fsp3) is 0.385. The van der Waals surface area contributed by atoms with E-state index in [-0.39, 0.29) is 19.8 Å². The van der Waals surface area contributed by atoms with E-state index >= 15 is 0 Å². The zero-order valence-corrected chi connectivity index (χ0v) is 10.3. The number of carbonyl (C=O) groups excluding carboxylic acids is 2.